The van der Waals surface area contributed by atoms with Gasteiger partial charge in [0, 0.05) is 4.83 Å². The molecule has 0 aliphatic rings. The summed E-state index contributed by atoms with van der Waals surface area (Å²) in [5, 5.41) is 0. The highest BCUT2D eigenvalue weighted by molar-refractivity contribution is 9.09. The van der Waals surface area contributed by atoms with E-state index in [-0.39, 0.29) is 16.3 Å². The number of nitrogens with one attached hydrogen (secondary N) is 2. The fourth-order valence-corrected chi connectivity index (χ4v) is 2.89. The predicted octanol–water partition coefficient (Wildman–Crippen LogP) is 3.67. The molecule has 0 bridgehead atoms. The minimum atomic E-state index is -0.229. The normalized spacial score (nSPS) is 12.7. The lowest BCUT2D eigenvalue weighted by molar-refractivity contribution is 0.625. The summed E-state index contributed by atoms with van der Waals surface area (Å²) in [5.74, 6) is -0.229. The predicted molar refractivity (Wildman–Crippen MR) is 80.7 cm³/mol. The number of benzene rings is 2. The number of H-pyrrole nitrogens is 2. The third-order valence-electron chi connectivity index (χ3n) is 3.21. The lowest BCUT2D eigenvalue weighted by Gasteiger charge is -2.10. The number of hydrogen-bond acceptors (Lipinski definition) is 1. The molecular weight excluding hydrogens is 323 g/mol. The molecule has 0 spiro atoms. The first-order valence-electron chi connectivity index (χ1n) is 6.22. The second-order valence-corrected chi connectivity index (χ2v) is 5.79. The van der Waals surface area contributed by atoms with Crippen molar-refractivity contribution >= 4 is 27.0 Å². The SMILES string of the molecule is O=c1[nH]c2ccc(C(Br)Cc3cccc(F)c3)cc2[nH]1. The Hall–Kier alpha value is -1.88. The van der Waals surface area contributed by atoms with Crippen molar-refractivity contribution in [2.75, 3.05) is 0 Å². The summed E-state index contributed by atoms with van der Waals surface area (Å²) < 4.78 is 13.2. The molecule has 3 rings (SSSR count). The van der Waals surface area contributed by atoms with E-state index in [0.29, 0.717) is 6.42 Å². The Morgan fingerprint density at radius 1 is 1.10 bits per heavy atom. The lowest BCUT2D eigenvalue weighted by atomic mass is 10.0. The smallest absolute Gasteiger partial charge is 0.306 e. The van der Waals surface area contributed by atoms with E-state index in [2.05, 4.69) is 25.9 Å². The minimum absolute atomic E-state index is 0.0621. The summed E-state index contributed by atoms with van der Waals surface area (Å²) in [6.07, 6.45) is 0.678. The number of imidazole rings is 1. The molecule has 0 amide bonds. The Balaban J connectivity index is 1.88. The van der Waals surface area contributed by atoms with E-state index in [1.165, 1.54) is 12.1 Å². The van der Waals surface area contributed by atoms with E-state index >= 15 is 0 Å². The number of fused-ring (bicyclic) bond motifs is 1. The zero-order valence-corrected chi connectivity index (χ0v) is 12.1. The summed E-state index contributed by atoms with van der Waals surface area (Å²) >= 11 is 3.62. The summed E-state index contributed by atoms with van der Waals surface area (Å²) in [6, 6.07) is 12.3. The zero-order valence-electron chi connectivity index (χ0n) is 10.5. The van der Waals surface area contributed by atoms with Gasteiger partial charge in [-0.2, -0.15) is 0 Å². The Kier molecular flexibility index (Phi) is 3.44. The van der Waals surface area contributed by atoms with Crippen molar-refractivity contribution in [2.45, 2.75) is 11.2 Å². The van der Waals surface area contributed by atoms with Gasteiger partial charge in [0.1, 0.15) is 5.82 Å². The van der Waals surface area contributed by atoms with Crippen molar-refractivity contribution in [1.29, 1.82) is 0 Å². The molecule has 0 saturated heterocycles. The van der Waals surface area contributed by atoms with Crippen LogP contribution >= 0.6 is 15.9 Å². The van der Waals surface area contributed by atoms with Crippen molar-refractivity contribution in [1.82, 2.24) is 9.97 Å². The molecule has 1 aromatic heterocycles. The fraction of sp³-hybridized carbons (Fsp3) is 0.133. The van der Waals surface area contributed by atoms with Gasteiger partial charge in [0.25, 0.3) is 0 Å². The first kappa shape index (κ1) is 13.1. The summed E-state index contributed by atoms with van der Waals surface area (Å²) in [4.78, 5) is 16.7. The van der Waals surface area contributed by atoms with Gasteiger partial charge in [-0.05, 0) is 41.8 Å². The van der Waals surface area contributed by atoms with Gasteiger partial charge in [-0.15, -0.1) is 0 Å². The van der Waals surface area contributed by atoms with Crippen LogP contribution in [0.2, 0.25) is 0 Å². The molecule has 2 N–H and O–H groups in total. The number of hydrogen-bond donors (Lipinski definition) is 2. The van der Waals surface area contributed by atoms with Crippen molar-refractivity contribution < 1.29 is 4.39 Å². The second kappa shape index (κ2) is 5.25. The molecule has 3 nitrogen and oxygen atoms in total. The average Bonchev–Trinajstić information content (AvgIpc) is 2.77. The Labute approximate surface area is 123 Å². The fourth-order valence-electron chi connectivity index (χ4n) is 2.23. The van der Waals surface area contributed by atoms with Crippen LogP contribution in [0.1, 0.15) is 16.0 Å². The zero-order chi connectivity index (χ0) is 14.1. The maximum Gasteiger partial charge on any atom is 0.323 e. The maximum absolute atomic E-state index is 13.2. The molecule has 1 atom stereocenters. The van der Waals surface area contributed by atoms with Crippen LogP contribution in [0.5, 0.6) is 0 Å². The first-order valence-corrected chi connectivity index (χ1v) is 7.14. The molecule has 0 radical (unpaired) electrons. The molecule has 102 valence electrons. The maximum atomic E-state index is 13.2. The number of rotatable bonds is 3. The van der Waals surface area contributed by atoms with Crippen LogP contribution in [0.15, 0.2) is 47.3 Å². The van der Waals surface area contributed by atoms with Crippen LogP contribution in [-0.4, -0.2) is 9.97 Å². The van der Waals surface area contributed by atoms with Crippen molar-refractivity contribution in [3.63, 3.8) is 0 Å². The molecule has 3 aromatic rings. The van der Waals surface area contributed by atoms with Gasteiger partial charge in [-0.25, -0.2) is 9.18 Å². The third-order valence-corrected chi connectivity index (χ3v) is 4.06. The van der Waals surface area contributed by atoms with Gasteiger partial charge < -0.3 is 9.97 Å². The van der Waals surface area contributed by atoms with Crippen LogP contribution in [0.25, 0.3) is 11.0 Å². The summed E-state index contributed by atoms with van der Waals surface area (Å²) in [6.45, 7) is 0. The molecule has 1 heterocycles. The van der Waals surface area contributed by atoms with Crippen molar-refractivity contribution in [2.24, 2.45) is 0 Å². The molecule has 1 unspecified atom stereocenters. The van der Waals surface area contributed by atoms with Crippen LogP contribution in [0.4, 0.5) is 4.39 Å². The van der Waals surface area contributed by atoms with Gasteiger partial charge >= 0.3 is 5.69 Å². The van der Waals surface area contributed by atoms with Gasteiger partial charge in [0.2, 0.25) is 0 Å². The average molecular weight is 335 g/mol. The number of alkyl halides is 1. The van der Waals surface area contributed by atoms with Gasteiger partial charge in [-0.3, -0.25) is 0 Å². The lowest BCUT2D eigenvalue weighted by Crippen LogP contribution is -1.99. The number of halogens is 2. The van der Waals surface area contributed by atoms with Crippen LogP contribution in [-0.2, 0) is 6.42 Å². The van der Waals surface area contributed by atoms with Crippen LogP contribution in [0.3, 0.4) is 0 Å². The Morgan fingerprint density at radius 2 is 1.90 bits per heavy atom. The highest BCUT2D eigenvalue weighted by atomic mass is 79.9. The summed E-state index contributed by atoms with van der Waals surface area (Å²) in [7, 11) is 0. The minimum Gasteiger partial charge on any atom is -0.306 e. The van der Waals surface area contributed by atoms with E-state index in [1.807, 2.05) is 24.3 Å². The highest BCUT2D eigenvalue weighted by Crippen LogP contribution is 2.28. The second-order valence-electron chi connectivity index (χ2n) is 4.69. The van der Waals surface area contributed by atoms with Crippen LogP contribution < -0.4 is 5.69 Å². The van der Waals surface area contributed by atoms with E-state index in [1.54, 1.807) is 6.07 Å². The molecule has 5 heteroatoms. The quantitative estimate of drug-likeness (QED) is 0.705. The van der Waals surface area contributed by atoms with E-state index in [9.17, 15) is 9.18 Å². The monoisotopic (exact) mass is 334 g/mol. The van der Waals surface area contributed by atoms with Crippen LogP contribution in [0, 0.1) is 5.82 Å². The van der Waals surface area contributed by atoms with Gasteiger partial charge in [-0.1, -0.05) is 34.1 Å². The van der Waals surface area contributed by atoms with E-state index < -0.39 is 0 Å². The van der Waals surface area contributed by atoms with E-state index in [0.717, 1.165) is 22.2 Å². The molecule has 0 saturated carbocycles. The molecular formula is C15H12BrFN2O. The number of aromatic amines is 2. The highest BCUT2D eigenvalue weighted by Gasteiger charge is 2.10. The molecule has 20 heavy (non-hydrogen) atoms. The largest absolute Gasteiger partial charge is 0.323 e. The molecule has 0 fully saturated rings. The molecule has 0 aliphatic carbocycles. The van der Waals surface area contributed by atoms with Crippen molar-refractivity contribution in [3.8, 4) is 0 Å². The molecule has 2 aromatic carbocycles. The van der Waals surface area contributed by atoms with E-state index in [4.69, 9.17) is 0 Å². The van der Waals surface area contributed by atoms with Crippen molar-refractivity contribution in [3.05, 3.63) is 69.9 Å². The Bertz CT molecular complexity index is 809. The summed E-state index contributed by atoms with van der Waals surface area (Å²) in [5.41, 5.74) is 3.31. The van der Waals surface area contributed by atoms with Gasteiger partial charge in [0.05, 0.1) is 11.0 Å². The first-order chi connectivity index (χ1) is 9.61. The topological polar surface area (TPSA) is 48.6 Å². The number of aromatic nitrogens is 2. The third kappa shape index (κ3) is 2.67. The Morgan fingerprint density at radius 3 is 2.70 bits per heavy atom. The van der Waals surface area contributed by atoms with Gasteiger partial charge in [0.15, 0.2) is 0 Å². The standard InChI is InChI=1S/C15H12BrFN2O/c16-12(7-9-2-1-3-11(17)6-9)10-4-5-13-14(8-10)19-15(20)18-13/h1-6,8,12H,7H2,(H2,18,19,20). The molecule has 0 aliphatic heterocycles.